The summed E-state index contributed by atoms with van der Waals surface area (Å²) in [7, 11) is 0. The molecule has 0 saturated carbocycles. The van der Waals surface area contributed by atoms with Crippen molar-refractivity contribution in [3.05, 3.63) is 23.0 Å². The van der Waals surface area contributed by atoms with Gasteiger partial charge in [-0.1, -0.05) is 13.3 Å². The number of aromatic nitrogens is 1. The van der Waals surface area contributed by atoms with Gasteiger partial charge in [0, 0.05) is 31.0 Å². The summed E-state index contributed by atoms with van der Waals surface area (Å²) in [6, 6.07) is 2.23. The molecule has 1 atom stereocenters. The number of nitrogens with one attached hydrogen (secondary N) is 1. The van der Waals surface area contributed by atoms with Crippen molar-refractivity contribution in [1.29, 1.82) is 0 Å². The van der Waals surface area contributed by atoms with E-state index >= 15 is 0 Å². The molecule has 0 aromatic carbocycles. The van der Waals surface area contributed by atoms with Gasteiger partial charge in [-0.05, 0) is 38.8 Å². The fourth-order valence-corrected chi connectivity index (χ4v) is 2.35. The fraction of sp³-hybridized carbons (Fsp3) is 0.714. The van der Waals surface area contributed by atoms with E-state index in [1.807, 2.05) is 0 Å². The number of aliphatic hydroxyl groups is 1. The summed E-state index contributed by atoms with van der Waals surface area (Å²) in [5, 5.41) is 13.0. The molecule has 0 bridgehead atoms. The number of hydrogen-bond acceptors (Lipinski definition) is 2. The van der Waals surface area contributed by atoms with E-state index in [9.17, 15) is 5.11 Å². The van der Waals surface area contributed by atoms with Gasteiger partial charge in [-0.3, -0.25) is 0 Å². The number of hydrogen-bond donors (Lipinski definition) is 2. The van der Waals surface area contributed by atoms with Gasteiger partial charge in [0.2, 0.25) is 0 Å². The maximum Gasteiger partial charge on any atom is 0.0664 e. The molecule has 17 heavy (non-hydrogen) atoms. The first kappa shape index (κ1) is 14.3. The summed E-state index contributed by atoms with van der Waals surface area (Å²) in [5.41, 5.74) is 3.99. The molecule has 3 nitrogen and oxygen atoms in total. The molecule has 0 radical (unpaired) electrons. The van der Waals surface area contributed by atoms with Gasteiger partial charge in [0.15, 0.2) is 0 Å². The van der Waals surface area contributed by atoms with Crippen molar-refractivity contribution in [2.45, 2.75) is 59.7 Å². The third kappa shape index (κ3) is 3.86. The Bertz CT molecular complexity index is 344. The molecule has 0 aliphatic carbocycles. The zero-order valence-electron chi connectivity index (χ0n) is 11.6. The normalized spacial score (nSPS) is 13.0. The Labute approximate surface area is 105 Å². The van der Waals surface area contributed by atoms with Crippen LogP contribution < -0.4 is 5.32 Å². The predicted octanol–water partition coefficient (Wildman–Crippen LogP) is 2.38. The second-order valence-electron chi connectivity index (χ2n) is 4.71. The summed E-state index contributed by atoms with van der Waals surface area (Å²) >= 11 is 0. The van der Waals surface area contributed by atoms with Gasteiger partial charge in [-0.25, -0.2) is 0 Å². The second kappa shape index (κ2) is 6.82. The quantitative estimate of drug-likeness (QED) is 0.765. The van der Waals surface area contributed by atoms with Crippen LogP contribution in [0.3, 0.4) is 0 Å². The third-order valence-corrected chi connectivity index (χ3v) is 3.31. The van der Waals surface area contributed by atoms with Gasteiger partial charge in [0.05, 0.1) is 6.10 Å². The van der Waals surface area contributed by atoms with Gasteiger partial charge < -0.3 is 15.0 Å². The standard InChI is InChI=1S/C14H26N2O/c1-5-7-14(17)10-15-9-13-8-11(3)16(6-2)12(13)4/h8,14-15,17H,5-7,9-10H2,1-4H3. The molecule has 1 unspecified atom stereocenters. The predicted molar refractivity (Wildman–Crippen MR) is 72.2 cm³/mol. The Balaban J connectivity index is 2.47. The van der Waals surface area contributed by atoms with Gasteiger partial charge in [0.1, 0.15) is 0 Å². The van der Waals surface area contributed by atoms with Crippen LogP contribution in [0.25, 0.3) is 0 Å². The SMILES string of the molecule is CCCC(O)CNCc1cc(C)n(CC)c1C. The highest BCUT2D eigenvalue weighted by molar-refractivity contribution is 5.26. The van der Waals surface area contributed by atoms with E-state index in [-0.39, 0.29) is 6.10 Å². The molecule has 1 heterocycles. The molecule has 0 aliphatic heterocycles. The molecule has 1 aromatic heterocycles. The van der Waals surface area contributed by atoms with Crippen LogP contribution >= 0.6 is 0 Å². The van der Waals surface area contributed by atoms with Crippen molar-refractivity contribution in [3.63, 3.8) is 0 Å². The summed E-state index contributed by atoms with van der Waals surface area (Å²) in [6.45, 7) is 11.1. The lowest BCUT2D eigenvalue weighted by atomic mass is 10.2. The minimum absolute atomic E-state index is 0.213. The van der Waals surface area contributed by atoms with Gasteiger partial charge in [-0.15, -0.1) is 0 Å². The lowest BCUT2D eigenvalue weighted by Gasteiger charge is -2.11. The van der Waals surface area contributed by atoms with Crippen molar-refractivity contribution in [1.82, 2.24) is 9.88 Å². The number of aryl methyl sites for hydroxylation is 1. The Morgan fingerprint density at radius 3 is 2.59 bits per heavy atom. The molecule has 0 spiro atoms. The first-order valence-corrected chi connectivity index (χ1v) is 6.64. The summed E-state index contributed by atoms with van der Waals surface area (Å²) in [5.74, 6) is 0. The average Bonchev–Trinajstić information content (AvgIpc) is 2.54. The Morgan fingerprint density at radius 2 is 2.06 bits per heavy atom. The van der Waals surface area contributed by atoms with E-state index in [0.29, 0.717) is 6.54 Å². The molecular formula is C14H26N2O. The zero-order valence-corrected chi connectivity index (χ0v) is 11.6. The van der Waals surface area contributed by atoms with Crippen LogP contribution in [-0.4, -0.2) is 22.3 Å². The summed E-state index contributed by atoms with van der Waals surface area (Å²) in [6.07, 6.45) is 1.70. The van der Waals surface area contributed by atoms with Crippen LogP contribution in [0.15, 0.2) is 6.07 Å². The van der Waals surface area contributed by atoms with Crippen molar-refractivity contribution >= 4 is 0 Å². The smallest absolute Gasteiger partial charge is 0.0664 e. The van der Waals surface area contributed by atoms with E-state index in [1.54, 1.807) is 0 Å². The maximum absolute atomic E-state index is 9.63. The molecule has 0 aliphatic rings. The molecular weight excluding hydrogens is 212 g/mol. The van der Waals surface area contributed by atoms with Crippen LogP contribution in [0.4, 0.5) is 0 Å². The lowest BCUT2D eigenvalue weighted by Crippen LogP contribution is -2.26. The van der Waals surface area contributed by atoms with Crippen LogP contribution in [0, 0.1) is 13.8 Å². The first-order valence-electron chi connectivity index (χ1n) is 6.64. The fourth-order valence-electron chi connectivity index (χ4n) is 2.35. The molecule has 1 rings (SSSR count). The van der Waals surface area contributed by atoms with E-state index in [0.717, 1.165) is 25.9 Å². The van der Waals surface area contributed by atoms with Gasteiger partial charge >= 0.3 is 0 Å². The summed E-state index contributed by atoms with van der Waals surface area (Å²) in [4.78, 5) is 0. The third-order valence-electron chi connectivity index (χ3n) is 3.31. The summed E-state index contributed by atoms with van der Waals surface area (Å²) < 4.78 is 2.32. The van der Waals surface area contributed by atoms with Crippen molar-refractivity contribution in [3.8, 4) is 0 Å². The monoisotopic (exact) mass is 238 g/mol. The molecule has 1 aromatic rings. The van der Waals surface area contributed by atoms with Crippen LogP contribution in [0.5, 0.6) is 0 Å². The van der Waals surface area contributed by atoms with Crippen molar-refractivity contribution in [2.75, 3.05) is 6.54 Å². The molecule has 3 heteroatoms. The largest absolute Gasteiger partial charge is 0.392 e. The van der Waals surface area contributed by atoms with Crippen LogP contribution in [0.1, 0.15) is 43.6 Å². The highest BCUT2D eigenvalue weighted by Gasteiger charge is 2.08. The Kier molecular flexibility index (Phi) is 5.72. The Hall–Kier alpha value is -0.800. The van der Waals surface area contributed by atoms with Crippen molar-refractivity contribution < 1.29 is 5.11 Å². The number of nitrogens with zero attached hydrogens (tertiary/aromatic N) is 1. The van der Waals surface area contributed by atoms with E-state index in [2.05, 4.69) is 43.6 Å². The minimum atomic E-state index is -0.213. The highest BCUT2D eigenvalue weighted by Crippen LogP contribution is 2.14. The number of aliphatic hydroxyl groups excluding tert-OH is 1. The van der Waals surface area contributed by atoms with Crippen LogP contribution in [-0.2, 0) is 13.1 Å². The molecule has 0 fully saturated rings. The zero-order chi connectivity index (χ0) is 12.8. The highest BCUT2D eigenvalue weighted by atomic mass is 16.3. The van der Waals surface area contributed by atoms with Crippen LogP contribution in [0.2, 0.25) is 0 Å². The Morgan fingerprint density at radius 1 is 1.35 bits per heavy atom. The maximum atomic E-state index is 9.63. The van der Waals surface area contributed by atoms with E-state index < -0.39 is 0 Å². The van der Waals surface area contributed by atoms with Crippen molar-refractivity contribution in [2.24, 2.45) is 0 Å². The topological polar surface area (TPSA) is 37.2 Å². The molecule has 2 N–H and O–H groups in total. The molecule has 98 valence electrons. The lowest BCUT2D eigenvalue weighted by molar-refractivity contribution is 0.160. The van der Waals surface area contributed by atoms with Gasteiger partial charge in [0.25, 0.3) is 0 Å². The average molecular weight is 238 g/mol. The second-order valence-corrected chi connectivity index (χ2v) is 4.71. The number of rotatable bonds is 7. The van der Waals surface area contributed by atoms with E-state index in [4.69, 9.17) is 0 Å². The molecule has 0 amide bonds. The van der Waals surface area contributed by atoms with Gasteiger partial charge in [-0.2, -0.15) is 0 Å². The van der Waals surface area contributed by atoms with E-state index in [1.165, 1.54) is 17.0 Å². The molecule has 0 saturated heterocycles. The first-order chi connectivity index (χ1) is 8.10. The minimum Gasteiger partial charge on any atom is -0.392 e.